The first-order chi connectivity index (χ1) is 9.90. The average molecular weight is 327 g/mol. The van der Waals surface area contributed by atoms with Crippen LogP contribution in [0.4, 0.5) is 10.7 Å². The molecule has 1 amide bonds. The molecule has 9 heteroatoms. The van der Waals surface area contributed by atoms with E-state index in [2.05, 4.69) is 5.32 Å². The molecule has 0 radical (unpaired) electrons. The van der Waals surface area contributed by atoms with Crippen LogP contribution in [-0.4, -0.2) is 21.9 Å². The van der Waals surface area contributed by atoms with Crippen molar-refractivity contribution >= 4 is 45.5 Å². The molecule has 1 aromatic carbocycles. The summed E-state index contributed by atoms with van der Waals surface area (Å²) in [6.07, 6.45) is 0. The number of carboxylic acid groups (broad SMARTS) is 1. The molecule has 0 aliphatic carbocycles. The Morgan fingerprint density at radius 3 is 2.57 bits per heavy atom. The highest BCUT2D eigenvalue weighted by atomic mass is 35.5. The number of aromatic carboxylic acids is 1. The minimum Gasteiger partial charge on any atom is -0.477 e. The maximum atomic E-state index is 12.1. The van der Waals surface area contributed by atoms with E-state index >= 15 is 0 Å². The van der Waals surface area contributed by atoms with Crippen molar-refractivity contribution in [2.24, 2.45) is 0 Å². The number of carbonyl (C=O) groups is 2. The van der Waals surface area contributed by atoms with Crippen molar-refractivity contribution in [2.75, 3.05) is 5.32 Å². The summed E-state index contributed by atoms with van der Waals surface area (Å²) >= 11 is 6.67. The van der Waals surface area contributed by atoms with E-state index in [9.17, 15) is 19.7 Å². The van der Waals surface area contributed by atoms with Crippen LogP contribution in [0, 0.1) is 10.1 Å². The summed E-state index contributed by atoms with van der Waals surface area (Å²) in [7, 11) is 0. The van der Waals surface area contributed by atoms with Gasteiger partial charge in [0.1, 0.15) is 10.4 Å². The fourth-order valence-corrected chi connectivity index (χ4v) is 2.58. The summed E-state index contributed by atoms with van der Waals surface area (Å²) in [5.41, 5.74) is -0.690. The van der Waals surface area contributed by atoms with Gasteiger partial charge in [-0.25, -0.2) is 4.79 Å². The van der Waals surface area contributed by atoms with Gasteiger partial charge in [0.05, 0.1) is 14.9 Å². The Bertz CT molecular complexity index is 743. The topological polar surface area (TPSA) is 110 Å². The van der Waals surface area contributed by atoms with Gasteiger partial charge >= 0.3 is 5.97 Å². The molecule has 0 spiro atoms. The Morgan fingerprint density at radius 2 is 2.00 bits per heavy atom. The number of hydrogen-bond donors (Lipinski definition) is 2. The van der Waals surface area contributed by atoms with Crippen LogP contribution < -0.4 is 5.32 Å². The number of nitrogens with one attached hydrogen (secondary N) is 1. The van der Waals surface area contributed by atoms with Gasteiger partial charge in [0.25, 0.3) is 11.6 Å². The number of anilines is 1. The number of nitrogens with zero attached hydrogens (tertiary/aromatic N) is 1. The fourth-order valence-electron chi connectivity index (χ4n) is 1.58. The van der Waals surface area contributed by atoms with Crippen LogP contribution in [0.3, 0.4) is 0 Å². The fraction of sp³-hybridized carbons (Fsp3) is 0. The van der Waals surface area contributed by atoms with Crippen LogP contribution in [0.2, 0.25) is 5.02 Å². The molecule has 0 bridgehead atoms. The monoisotopic (exact) mass is 326 g/mol. The van der Waals surface area contributed by atoms with Crippen LogP contribution >= 0.6 is 22.9 Å². The quantitative estimate of drug-likeness (QED) is 0.662. The van der Waals surface area contributed by atoms with Crippen molar-refractivity contribution < 1.29 is 19.6 Å². The first-order valence-corrected chi connectivity index (χ1v) is 6.67. The molecule has 2 rings (SSSR count). The summed E-state index contributed by atoms with van der Waals surface area (Å²) in [5.74, 6) is -1.89. The molecule has 2 N–H and O–H groups in total. The first kappa shape index (κ1) is 14.9. The second-order valence-corrected chi connectivity index (χ2v) is 5.31. The maximum Gasteiger partial charge on any atom is 0.345 e. The van der Waals surface area contributed by atoms with Gasteiger partial charge < -0.3 is 10.4 Å². The Labute approximate surface area is 126 Å². The van der Waals surface area contributed by atoms with E-state index in [1.54, 1.807) is 0 Å². The Balaban J connectivity index is 2.32. The number of rotatable bonds is 4. The maximum absolute atomic E-state index is 12.1. The molecule has 0 fully saturated rings. The van der Waals surface area contributed by atoms with Crippen LogP contribution in [-0.2, 0) is 0 Å². The molecule has 21 heavy (non-hydrogen) atoms. The van der Waals surface area contributed by atoms with E-state index < -0.39 is 22.5 Å². The van der Waals surface area contributed by atoms with Gasteiger partial charge in [-0.05, 0) is 18.2 Å². The van der Waals surface area contributed by atoms with Crippen molar-refractivity contribution in [3.05, 3.63) is 55.9 Å². The zero-order valence-corrected chi connectivity index (χ0v) is 11.8. The lowest BCUT2D eigenvalue weighted by Crippen LogP contribution is -2.13. The molecule has 2 aromatic rings. The van der Waals surface area contributed by atoms with Gasteiger partial charge in [0.15, 0.2) is 0 Å². The highest BCUT2D eigenvalue weighted by Crippen LogP contribution is 2.28. The second kappa shape index (κ2) is 5.90. The predicted molar refractivity (Wildman–Crippen MR) is 77.3 cm³/mol. The largest absolute Gasteiger partial charge is 0.477 e. The summed E-state index contributed by atoms with van der Waals surface area (Å²) < 4.78 is 0. The van der Waals surface area contributed by atoms with E-state index in [1.807, 2.05) is 0 Å². The molecule has 0 aliphatic heterocycles. The third-order valence-electron chi connectivity index (χ3n) is 2.47. The lowest BCUT2D eigenvalue weighted by atomic mass is 10.1. The zero-order valence-electron chi connectivity index (χ0n) is 10.2. The minimum atomic E-state index is -1.12. The third-order valence-corrected chi connectivity index (χ3v) is 3.77. The second-order valence-electron chi connectivity index (χ2n) is 3.81. The summed E-state index contributed by atoms with van der Waals surface area (Å²) in [6.45, 7) is 0. The zero-order chi connectivity index (χ0) is 15.6. The van der Waals surface area contributed by atoms with Crippen molar-refractivity contribution in [3.8, 4) is 0 Å². The number of carboxylic acids is 1. The summed E-state index contributed by atoms with van der Waals surface area (Å²) in [5, 5.41) is 22.3. The van der Waals surface area contributed by atoms with Gasteiger partial charge in [0.2, 0.25) is 0 Å². The first-order valence-electron chi connectivity index (χ1n) is 5.47. The van der Waals surface area contributed by atoms with Crippen LogP contribution in [0.1, 0.15) is 20.0 Å². The lowest BCUT2D eigenvalue weighted by molar-refractivity contribution is -0.385. The molecule has 1 aromatic heterocycles. The van der Waals surface area contributed by atoms with Gasteiger partial charge in [-0.3, -0.25) is 14.9 Å². The van der Waals surface area contributed by atoms with Crippen LogP contribution in [0.5, 0.6) is 0 Å². The lowest BCUT2D eigenvalue weighted by Gasteiger charge is -2.05. The third kappa shape index (κ3) is 3.18. The molecule has 1 heterocycles. The molecule has 7 nitrogen and oxygen atoms in total. The molecule has 0 unspecified atom stereocenters. The Kier molecular flexibility index (Phi) is 4.20. The van der Waals surface area contributed by atoms with Crippen molar-refractivity contribution in [3.63, 3.8) is 0 Å². The minimum absolute atomic E-state index is 0.0407. The molecular weight excluding hydrogens is 320 g/mol. The van der Waals surface area contributed by atoms with Crippen LogP contribution in [0.15, 0.2) is 30.3 Å². The number of carbonyl (C=O) groups excluding carboxylic acids is 1. The van der Waals surface area contributed by atoms with Gasteiger partial charge in [-0.15, -0.1) is 11.3 Å². The Hall–Kier alpha value is -2.45. The standard InChI is InChI=1S/C12H7ClN2O5S/c13-6-2-1-3-7(15(19)20)10(6)11(16)14-9-5-4-8(21-9)12(17)18/h1-5H,(H,14,16)(H,17,18). The van der Waals surface area contributed by atoms with E-state index in [0.29, 0.717) is 0 Å². The number of thiophene rings is 1. The van der Waals surface area contributed by atoms with Crippen LogP contribution in [0.25, 0.3) is 0 Å². The molecule has 108 valence electrons. The van der Waals surface area contributed by atoms with E-state index in [-0.39, 0.29) is 20.5 Å². The van der Waals surface area contributed by atoms with E-state index in [0.717, 1.165) is 17.4 Å². The predicted octanol–water partition coefficient (Wildman–Crippen LogP) is 3.26. The molecule has 0 atom stereocenters. The summed E-state index contributed by atoms with van der Waals surface area (Å²) in [4.78, 5) is 33.1. The number of nitro groups is 1. The highest BCUT2D eigenvalue weighted by molar-refractivity contribution is 7.18. The van der Waals surface area contributed by atoms with Gasteiger partial charge in [-0.1, -0.05) is 17.7 Å². The Morgan fingerprint density at radius 1 is 1.29 bits per heavy atom. The van der Waals surface area contributed by atoms with Crippen molar-refractivity contribution in [1.29, 1.82) is 0 Å². The SMILES string of the molecule is O=C(O)c1ccc(NC(=O)c2c(Cl)cccc2[N+](=O)[O-])s1. The number of amides is 1. The molecule has 0 aliphatic rings. The molecule has 0 saturated carbocycles. The molecular formula is C12H7ClN2O5S. The number of benzene rings is 1. The van der Waals surface area contributed by atoms with Crippen molar-refractivity contribution in [2.45, 2.75) is 0 Å². The van der Waals surface area contributed by atoms with E-state index in [1.165, 1.54) is 24.3 Å². The number of hydrogen-bond acceptors (Lipinski definition) is 5. The average Bonchev–Trinajstić information content (AvgIpc) is 2.86. The van der Waals surface area contributed by atoms with Gasteiger partial charge in [-0.2, -0.15) is 0 Å². The van der Waals surface area contributed by atoms with Crippen molar-refractivity contribution in [1.82, 2.24) is 0 Å². The normalized spacial score (nSPS) is 10.1. The highest BCUT2D eigenvalue weighted by Gasteiger charge is 2.23. The number of nitro benzene ring substituents is 1. The molecule has 0 saturated heterocycles. The summed E-state index contributed by atoms with van der Waals surface area (Å²) in [6, 6.07) is 6.61. The smallest absolute Gasteiger partial charge is 0.345 e. The van der Waals surface area contributed by atoms with Gasteiger partial charge in [0, 0.05) is 6.07 Å². The number of halogens is 1. The van der Waals surface area contributed by atoms with E-state index in [4.69, 9.17) is 16.7 Å².